The van der Waals surface area contributed by atoms with Crippen LogP contribution in [-0.2, 0) is 28.5 Å². The third-order valence-corrected chi connectivity index (χ3v) is 2.62. The van der Waals surface area contributed by atoms with E-state index in [1.165, 1.54) is 21.0 Å². The van der Waals surface area contributed by atoms with E-state index in [0.29, 0.717) is 0 Å². The molecular weight excluding hydrogens is 244 g/mol. The molecule has 0 aromatic carbocycles. The molecule has 1 rings (SSSR count). The van der Waals surface area contributed by atoms with Crippen LogP contribution in [0.3, 0.4) is 0 Å². The Morgan fingerprint density at radius 3 is 2.00 bits per heavy atom. The summed E-state index contributed by atoms with van der Waals surface area (Å²) in [6, 6.07) is 0. The van der Waals surface area contributed by atoms with Crippen molar-refractivity contribution in [3.8, 4) is 0 Å². The Balaban J connectivity index is 2.88. The first-order valence-electron chi connectivity index (χ1n) is 5.57. The molecule has 0 spiro atoms. The van der Waals surface area contributed by atoms with Gasteiger partial charge in [0.1, 0.15) is 6.10 Å². The molecule has 0 aliphatic carbocycles. The first-order valence-corrected chi connectivity index (χ1v) is 5.57. The molecule has 5 atom stereocenters. The van der Waals surface area contributed by atoms with Crippen LogP contribution in [0.2, 0.25) is 0 Å². The molecule has 104 valence electrons. The van der Waals surface area contributed by atoms with Gasteiger partial charge in [0, 0.05) is 21.0 Å². The fraction of sp³-hybridized carbons (Fsp3) is 0.818. The predicted molar refractivity (Wildman–Crippen MR) is 58.5 cm³/mol. The van der Waals surface area contributed by atoms with Gasteiger partial charge in [0.05, 0.1) is 6.10 Å². The van der Waals surface area contributed by atoms with Gasteiger partial charge in [-0.1, -0.05) is 0 Å². The first-order chi connectivity index (χ1) is 8.36. The minimum atomic E-state index is -1.32. The molecule has 0 bridgehead atoms. The van der Waals surface area contributed by atoms with Gasteiger partial charge in [0.2, 0.25) is 0 Å². The van der Waals surface area contributed by atoms with Crippen LogP contribution in [0, 0.1) is 0 Å². The second kappa shape index (κ2) is 6.12. The Bertz CT molecular complexity index is 289. The van der Waals surface area contributed by atoms with Crippen molar-refractivity contribution in [2.24, 2.45) is 0 Å². The zero-order valence-corrected chi connectivity index (χ0v) is 10.8. The van der Waals surface area contributed by atoms with Gasteiger partial charge in [-0.15, -0.1) is 0 Å². The zero-order valence-electron chi connectivity index (χ0n) is 10.8. The van der Waals surface area contributed by atoms with E-state index < -0.39 is 42.6 Å². The summed E-state index contributed by atoms with van der Waals surface area (Å²) in [6.45, 7) is 4.09. The number of carbonyl (C=O) groups is 2. The Morgan fingerprint density at radius 2 is 1.56 bits per heavy atom. The molecule has 0 unspecified atom stereocenters. The normalized spacial score (nSPS) is 35.9. The highest BCUT2D eigenvalue weighted by atomic mass is 16.7. The number of ether oxygens (including phenoxy) is 4. The van der Waals surface area contributed by atoms with E-state index in [4.69, 9.17) is 18.9 Å². The molecule has 0 amide bonds. The molecule has 0 saturated carbocycles. The second-order valence-corrected chi connectivity index (χ2v) is 4.08. The molecule has 0 radical (unpaired) electrons. The highest BCUT2D eigenvalue weighted by Crippen LogP contribution is 2.26. The van der Waals surface area contributed by atoms with Crippen molar-refractivity contribution in [2.45, 2.75) is 51.5 Å². The van der Waals surface area contributed by atoms with E-state index in [-0.39, 0.29) is 0 Å². The van der Waals surface area contributed by atoms with Gasteiger partial charge < -0.3 is 24.1 Å². The van der Waals surface area contributed by atoms with E-state index in [9.17, 15) is 14.7 Å². The van der Waals surface area contributed by atoms with Crippen molar-refractivity contribution in [1.29, 1.82) is 0 Å². The standard InChI is InChI=1S/C11H18O7/c1-5-8(17-6(2)12)9(15-4)10(11(14)16-5)18-7(3)13/h5,8-11,14H,1-4H3/t5-,8-,9+,10-,11-/m0/s1. The zero-order chi connectivity index (χ0) is 13.9. The molecule has 18 heavy (non-hydrogen) atoms. The van der Waals surface area contributed by atoms with Crippen LogP contribution >= 0.6 is 0 Å². The van der Waals surface area contributed by atoms with Gasteiger partial charge >= 0.3 is 11.9 Å². The van der Waals surface area contributed by atoms with E-state index in [2.05, 4.69) is 0 Å². The van der Waals surface area contributed by atoms with Crippen molar-refractivity contribution in [3.05, 3.63) is 0 Å². The summed E-state index contributed by atoms with van der Waals surface area (Å²) in [7, 11) is 1.38. The lowest BCUT2D eigenvalue weighted by Crippen LogP contribution is -2.59. The van der Waals surface area contributed by atoms with Crippen LogP contribution in [0.4, 0.5) is 0 Å². The summed E-state index contributed by atoms with van der Waals surface area (Å²) in [5, 5.41) is 9.72. The maximum atomic E-state index is 11.0. The molecule has 1 heterocycles. The summed E-state index contributed by atoms with van der Waals surface area (Å²) in [5.74, 6) is -1.09. The number of esters is 2. The number of hydrogen-bond acceptors (Lipinski definition) is 7. The van der Waals surface area contributed by atoms with Crippen molar-refractivity contribution < 1.29 is 33.6 Å². The molecular formula is C11H18O7. The van der Waals surface area contributed by atoms with Gasteiger partial charge in [-0.2, -0.15) is 0 Å². The molecule has 1 aliphatic rings. The summed E-state index contributed by atoms with van der Waals surface area (Å²) in [4.78, 5) is 22.0. The van der Waals surface area contributed by atoms with Gasteiger partial charge in [0.15, 0.2) is 18.5 Å². The minimum absolute atomic E-state index is 0.504. The maximum absolute atomic E-state index is 11.0. The van der Waals surface area contributed by atoms with Crippen LogP contribution in [0.1, 0.15) is 20.8 Å². The van der Waals surface area contributed by atoms with E-state index in [1.54, 1.807) is 6.92 Å². The Kier molecular flexibility index (Phi) is 5.06. The molecule has 0 aromatic rings. The number of carbonyl (C=O) groups excluding carboxylic acids is 2. The lowest BCUT2D eigenvalue weighted by atomic mass is 9.99. The molecule has 1 saturated heterocycles. The predicted octanol–water partition coefficient (Wildman–Crippen LogP) is -0.398. The molecule has 7 heteroatoms. The van der Waals surface area contributed by atoms with Gasteiger partial charge in [0.25, 0.3) is 0 Å². The Labute approximate surface area is 105 Å². The Hall–Kier alpha value is -1.18. The smallest absolute Gasteiger partial charge is 0.303 e. The van der Waals surface area contributed by atoms with E-state index in [0.717, 1.165) is 0 Å². The van der Waals surface area contributed by atoms with Crippen LogP contribution in [0.25, 0.3) is 0 Å². The van der Waals surface area contributed by atoms with E-state index in [1.807, 2.05) is 0 Å². The lowest BCUT2D eigenvalue weighted by molar-refractivity contribution is -0.289. The quantitative estimate of drug-likeness (QED) is 0.692. The largest absolute Gasteiger partial charge is 0.457 e. The minimum Gasteiger partial charge on any atom is -0.457 e. The third-order valence-electron chi connectivity index (χ3n) is 2.62. The molecule has 7 nitrogen and oxygen atoms in total. The van der Waals surface area contributed by atoms with Crippen molar-refractivity contribution in [3.63, 3.8) is 0 Å². The van der Waals surface area contributed by atoms with Crippen LogP contribution in [0.15, 0.2) is 0 Å². The molecule has 1 N–H and O–H groups in total. The average molecular weight is 262 g/mol. The number of aliphatic hydroxyl groups is 1. The van der Waals surface area contributed by atoms with Crippen molar-refractivity contribution >= 4 is 11.9 Å². The number of aliphatic hydroxyl groups excluding tert-OH is 1. The average Bonchev–Trinajstić information content (AvgIpc) is 2.24. The fourth-order valence-electron chi connectivity index (χ4n) is 1.93. The fourth-order valence-corrected chi connectivity index (χ4v) is 1.93. The highest BCUT2D eigenvalue weighted by Gasteiger charge is 2.47. The van der Waals surface area contributed by atoms with Gasteiger partial charge in [-0.05, 0) is 6.92 Å². The highest BCUT2D eigenvalue weighted by molar-refractivity contribution is 5.67. The second-order valence-electron chi connectivity index (χ2n) is 4.08. The SMILES string of the molecule is CO[C@@H]1[C@@H](OC(C)=O)[C@H](C)O[C@H](O)[C@H]1OC(C)=O. The summed E-state index contributed by atoms with van der Waals surface area (Å²) >= 11 is 0. The van der Waals surface area contributed by atoms with Crippen molar-refractivity contribution in [2.75, 3.05) is 7.11 Å². The number of rotatable bonds is 3. The maximum Gasteiger partial charge on any atom is 0.303 e. The first kappa shape index (κ1) is 14.9. The molecule has 0 aromatic heterocycles. The number of methoxy groups -OCH3 is 1. The van der Waals surface area contributed by atoms with Crippen LogP contribution < -0.4 is 0 Å². The molecule has 1 aliphatic heterocycles. The lowest BCUT2D eigenvalue weighted by Gasteiger charge is -2.41. The number of hydrogen-bond donors (Lipinski definition) is 1. The summed E-state index contributed by atoms with van der Waals surface area (Å²) < 4.78 is 20.3. The van der Waals surface area contributed by atoms with Crippen molar-refractivity contribution in [1.82, 2.24) is 0 Å². The van der Waals surface area contributed by atoms with Crippen LogP contribution in [-0.4, -0.2) is 54.9 Å². The van der Waals surface area contributed by atoms with Crippen LogP contribution in [0.5, 0.6) is 0 Å². The van der Waals surface area contributed by atoms with Gasteiger partial charge in [-0.25, -0.2) is 0 Å². The Morgan fingerprint density at radius 1 is 1.06 bits per heavy atom. The summed E-state index contributed by atoms with van der Waals surface area (Å²) in [5.41, 5.74) is 0. The monoisotopic (exact) mass is 262 g/mol. The topological polar surface area (TPSA) is 91.3 Å². The third kappa shape index (κ3) is 3.41. The summed E-state index contributed by atoms with van der Waals surface area (Å²) in [6.07, 6.45) is -4.45. The van der Waals surface area contributed by atoms with Gasteiger partial charge in [-0.3, -0.25) is 9.59 Å². The molecule has 1 fully saturated rings. The van der Waals surface area contributed by atoms with E-state index >= 15 is 0 Å².